The summed E-state index contributed by atoms with van der Waals surface area (Å²) in [4.78, 5) is 24.4. The summed E-state index contributed by atoms with van der Waals surface area (Å²) >= 11 is 3.41. The number of fused-ring (bicyclic) bond motifs is 1. The lowest BCUT2D eigenvalue weighted by Gasteiger charge is -2.13. The van der Waals surface area contributed by atoms with Gasteiger partial charge < -0.3 is 18.9 Å². The Morgan fingerprint density at radius 3 is 2.75 bits per heavy atom. The van der Waals surface area contributed by atoms with Gasteiger partial charge in [-0.15, -0.1) is 0 Å². The highest BCUT2D eigenvalue weighted by Crippen LogP contribution is 2.36. The molecule has 0 aromatic heterocycles. The summed E-state index contributed by atoms with van der Waals surface area (Å²) in [5.74, 6) is 0.897. The van der Waals surface area contributed by atoms with Crippen molar-refractivity contribution in [1.82, 2.24) is 0 Å². The monoisotopic (exact) mass is 446 g/mol. The molecule has 0 aliphatic carbocycles. The van der Waals surface area contributed by atoms with E-state index in [0.29, 0.717) is 28.4 Å². The molecule has 6 nitrogen and oxygen atoms in total. The third kappa shape index (κ3) is 4.20. The molecular formula is C21H19BrO6. The van der Waals surface area contributed by atoms with Crippen LogP contribution in [-0.4, -0.2) is 31.6 Å². The minimum atomic E-state index is -0.768. The molecule has 1 heterocycles. The number of Topliss-reactive ketones (excluding diaryl/α,β-unsaturated/α-hetero) is 1. The molecule has 146 valence electrons. The van der Waals surface area contributed by atoms with E-state index < -0.39 is 12.1 Å². The highest BCUT2D eigenvalue weighted by molar-refractivity contribution is 9.10. The van der Waals surface area contributed by atoms with Crippen LogP contribution in [0.1, 0.15) is 29.8 Å². The third-order valence-electron chi connectivity index (χ3n) is 4.05. The second kappa shape index (κ2) is 8.48. The number of ketones is 1. The van der Waals surface area contributed by atoms with Crippen LogP contribution < -0.4 is 14.2 Å². The van der Waals surface area contributed by atoms with Gasteiger partial charge in [0.15, 0.2) is 11.9 Å². The molecule has 0 fully saturated rings. The van der Waals surface area contributed by atoms with Gasteiger partial charge in [0.1, 0.15) is 17.2 Å². The quantitative estimate of drug-likeness (QED) is 0.483. The van der Waals surface area contributed by atoms with Crippen LogP contribution in [0.15, 0.2) is 46.6 Å². The fourth-order valence-corrected chi connectivity index (χ4v) is 3.09. The lowest BCUT2D eigenvalue weighted by molar-refractivity contribution is -0.150. The number of ether oxygens (including phenoxy) is 4. The number of halogens is 1. The molecular weight excluding hydrogens is 428 g/mol. The molecule has 0 N–H and O–H groups in total. The Morgan fingerprint density at radius 2 is 2.04 bits per heavy atom. The number of allylic oxidation sites excluding steroid dienone is 1. The summed E-state index contributed by atoms with van der Waals surface area (Å²) in [7, 11) is 1.56. The molecule has 28 heavy (non-hydrogen) atoms. The fourth-order valence-electron chi connectivity index (χ4n) is 2.71. The second-order valence-electron chi connectivity index (χ2n) is 6.00. The summed E-state index contributed by atoms with van der Waals surface area (Å²) in [5.41, 5.74) is 1.14. The normalized spacial score (nSPS) is 15.0. The number of rotatable bonds is 6. The Hall–Kier alpha value is -2.80. The zero-order chi connectivity index (χ0) is 20.3. The summed E-state index contributed by atoms with van der Waals surface area (Å²) in [6, 6.07) is 10.3. The fraction of sp³-hybridized carbons (Fsp3) is 0.238. The minimum absolute atomic E-state index is 0.182. The van der Waals surface area contributed by atoms with Gasteiger partial charge in [0, 0.05) is 16.1 Å². The Morgan fingerprint density at radius 1 is 1.25 bits per heavy atom. The number of carbonyl (C=O) groups excluding carboxylic acids is 2. The maximum Gasteiger partial charge on any atom is 0.347 e. The van der Waals surface area contributed by atoms with Crippen LogP contribution in [0.4, 0.5) is 0 Å². The van der Waals surface area contributed by atoms with E-state index in [1.807, 2.05) is 12.1 Å². The largest absolute Gasteiger partial charge is 0.496 e. The van der Waals surface area contributed by atoms with E-state index in [9.17, 15) is 9.59 Å². The first-order valence-electron chi connectivity index (χ1n) is 8.68. The van der Waals surface area contributed by atoms with Gasteiger partial charge in [0.05, 0.1) is 19.3 Å². The molecule has 1 unspecified atom stereocenters. The number of methoxy groups -OCH3 is 1. The number of hydrogen-bond donors (Lipinski definition) is 0. The first-order chi connectivity index (χ1) is 13.4. The molecule has 7 heteroatoms. The van der Waals surface area contributed by atoms with Gasteiger partial charge in [-0.25, -0.2) is 4.79 Å². The Labute approximate surface area is 171 Å². The van der Waals surface area contributed by atoms with Crippen molar-refractivity contribution in [3.05, 3.63) is 57.8 Å². The molecule has 1 aliphatic heterocycles. The van der Waals surface area contributed by atoms with E-state index in [2.05, 4.69) is 15.9 Å². The molecule has 0 radical (unpaired) electrons. The maximum absolute atomic E-state index is 12.7. The van der Waals surface area contributed by atoms with Crippen LogP contribution in [0.3, 0.4) is 0 Å². The van der Waals surface area contributed by atoms with Gasteiger partial charge in [-0.2, -0.15) is 0 Å². The van der Waals surface area contributed by atoms with Crippen LogP contribution in [0.5, 0.6) is 17.2 Å². The molecule has 1 aliphatic rings. The zero-order valence-electron chi connectivity index (χ0n) is 15.7. The molecule has 0 saturated heterocycles. The van der Waals surface area contributed by atoms with Gasteiger partial charge >= 0.3 is 5.97 Å². The van der Waals surface area contributed by atoms with E-state index in [1.54, 1.807) is 51.3 Å². The minimum Gasteiger partial charge on any atom is -0.496 e. The van der Waals surface area contributed by atoms with Crippen molar-refractivity contribution >= 4 is 33.8 Å². The van der Waals surface area contributed by atoms with Crippen molar-refractivity contribution < 1.29 is 28.5 Å². The Balaban J connectivity index is 1.83. The molecule has 1 atom stereocenters. The standard InChI is InChI=1S/C21H19BrO6/c1-4-26-21(24)12(2)27-15-6-7-16-18(11-15)28-19(20(16)23)10-13-9-14(22)5-8-17(13)25-3/h5-12H,4H2,1-3H3. The van der Waals surface area contributed by atoms with Gasteiger partial charge in [-0.3, -0.25) is 4.79 Å². The van der Waals surface area contributed by atoms with E-state index in [4.69, 9.17) is 18.9 Å². The SMILES string of the molecule is CCOC(=O)C(C)Oc1ccc2c(c1)OC(=Cc1cc(Br)ccc1OC)C2=O. The van der Waals surface area contributed by atoms with Gasteiger partial charge in [-0.1, -0.05) is 15.9 Å². The molecule has 0 amide bonds. The van der Waals surface area contributed by atoms with Crippen LogP contribution in [0.2, 0.25) is 0 Å². The second-order valence-corrected chi connectivity index (χ2v) is 6.91. The first kappa shape index (κ1) is 19.9. The highest BCUT2D eigenvalue weighted by Gasteiger charge is 2.28. The van der Waals surface area contributed by atoms with Crippen LogP contribution in [0.25, 0.3) is 6.08 Å². The van der Waals surface area contributed by atoms with Crippen LogP contribution in [-0.2, 0) is 9.53 Å². The van der Waals surface area contributed by atoms with E-state index in [-0.39, 0.29) is 18.1 Å². The molecule has 3 rings (SSSR count). The zero-order valence-corrected chi connectivity index (χ0v) is 17.2. The lowest BCUT2D eigenvalue weighted by Crippen LogP contribution is -2.26. The lowest BCUT2D eigenvalue weighted by atomic mass is 10.1. The average Bonchev–Trinajstić information content (AvgIpc) is 2.97. The highest BCUT2D eigenvalue weighted by atomic mass is 79.9. The van der Waals surface area contributed by atoms with Crippen molar-refractivity contribution in [3.63, 3.8) is 0 Å². The van der Waals surface area contributed by atoms with Crippen LogP contribution >= 0.6 is 15.9 Å². The van der Waals surface area contributed by atoms with Crippen molar-refractivity contribution in [2.75, 3.05) is 13.7 Å². The molecule has 2 aromatic rings. The van der Waals surface area contributed by atoms with Gasteiger partial charge in [0.2, 0.25) is 5.78 Å². The summed E-state index contributed by atoms with van der Waals surface area (Å²) in [6.45, 7) is 3.61. The van der Waals surface area contributed by atoms with Gasteiger partial charge in [0.25, 0.3) is 0 Å². The number of benzene rings is 2. The van der Waals surface area contributed by atoms with Crippen molar-refractivity contribution in [3.8, 4) is 17.2 Å². The first-order valence-corrected chi connectivity index (χ1v) is 9.47. The van der Waals surface area contributed by atoms with Crippen molar-refractivity contribution in [2.45, 2.75) is 20.0 Å². The van der Waals surface area contributed by atoms with E-state index >= 15 is 0 Å². The Kier molecular flexibility index (Phi) is 6.04. The summed E-state index contributed by atoms with van der Waals surface area (Å²) in [5, 5.41) is 0. The van der Waals surface area contributed by atoms with Gasteiger partial charge in [-0.05, 0) is 50.3 Å². The number of hydrogen-bond acceptors (Lipinski definition) is 6. The predicted molar refractivity (Wildman–Crippen MR) is 107 cm³/mol. The average molecular weight is 447 g/mol. The number of esters is 1. The predicted octanol–water partition coefficient (Wildman–Crippen LogP) is 4.40. The molecule has 0 bridgehead atoms. The van der Waals surface area contributed by atoms with E-state index in [1.165, 1.54) is 0 Å². The van der Waals surface area contributed by atoms with E-state index in [0.717, 1.165) is 4.47 Å². The van der Waals surface area contributed by atoms with Crippen LogP contribution in [0, 0.1) is 0 Å². The van der Waals surface area contributed by atoms with Crippen molar-refractivity contribution in [1.29, 1.82) is 0 Å². The third-order valence-corrected chi connectivity index (χ3v) is 4.54. The smallest absolute Gasteiger partial charge is 0.347 e. The molecule has 0 saturated carbocycles. The van der Waals surface area contributed by atoms with Crippen molar-refractivity contribution in [2.24, 2.45) is 0 Å². The number of carbonyl (C=O) groups is 2. The molecule has 0 spiro atoms. The summed E-state index contributed by atoms with van der Waals surface area (Å²) < 4.78 is 22.4. The Bertz CT molecular complexity index is 950. The summed E-state index contributed by atoms with van der Waals surface area (Å²) in [6.07, 6.45) is 0.865. The maximum atomic E-state index is 12.7. The topological polar surface area (TPSA) is 71.1 Å². The molecule has 2 aromatic carbocycles.